The van der Waals surface area contributed by atoms with Gasteiger partial charge in [-0.3, -0.25) is 9.89 Å². The quantitative estimate of drug-likeness (QED) is 0.279. The lowest BCUT2D eigenvalue weighted by molar-refractivity contribution is 0.0219. The van der Waals surface area contributed by atoms with E-state index in [-0.39, 0.29) is 12.1 Å². The maximum Gasteiger partial charge on any atom is 0.410 e. The number of H-pyrrole nitrogens is 1. The van der Waals surface area contributed by atoms with Crippen molar-refractivity contribution in [2.75, 3.05) is 13.1 Å². The van der Waals surface area contributed by atoms with Crippen molar-refractivity contribution >= 4 is 39.2 Å². The standard InChI is InChI=1S/C34H37N5O2/c1-34(2,3)41-33(40)39-15-5-7-31(39)32-37-28-13-12-25(18-30(28)38-32)23-9-8-22-17-24(11-10-21(22)16-23)26-19-29(36-20-26)27-6-4-14-35-27/h8-13,16-18,20,27,31,35H,4-7,14-15,19H2,1-3H3,(H,37,38)/t27-,31-/m0/s1. The molecule has 0 radical (unpaired) electrons. The van der Waals surface area contributed by atoms with E-state index in [1.807, 2.05) is 25.7 Å². The van der Waals surface area contributed by atoms with E-state index < -0.39 is 5.60 Å². The molecule has 4 heterocycles. The van der Waals surface area contributed by atoms with E-state index in [0.717, 1.165) is 53.8 Å². The van der Waals surface area contributed by atoms with Crippen molar-refractivity contribution in [1.29, 1.82) is 0 Å². The minimum atomic E-state index is -0.521. The summed E-state index contributed by atoms with van der Waals surface area (Å²) in [4.78, 5) is 27.8. The van der Waals surface area contributed by atoms with Crippen LogP contribution in [0.5, 0.6) is 0 Å². The molecule has 3 aliphatic rings. The zero-order valence-corrected chi connectivity index (χ0v) is 24.0. The molecule has 2 atom stereocenters. The third kappa shape index (κ3) is 5.15. The van der Waals surface area contributed by atoms with Gasteiger partial charge in [0.1, 0.15) is 11.4 Å². The van der Waals surface area contributed by atoms with Crippen LogP contribution < -0.4 is 5.32 Å². The first-order valence-corrected chi connectivity index (χ1v) is 14.8. The molecule has 7 nitrogen and oxygen atoms in total. The van der Waals surface area contributed by atoms with Gasteiger partial charge in [-0.1, -0.05) is 30.3 Å². The number of carbonyl (C=O) groups is 1. The highest BCUT2D eigenvalue weighted by molar-refractivity contribution is 6.02. The largest absolute Gasteiger partial charge is 0.444 e. The van der Waals surface area contributed by atoms with Crippen molar-refractivity contribution in [1.82, 2.24) is 20.2 Å². The molecule has 1 aromatic heterocycles. The lowest BCUT2D eigenvalue weighted by Crippen LogP contribution is -2.36. The van der Waals surface area contributed by atoms with Crippen molar-refractivity contribution < 1.29 is 9.53 Å². The molecule has 7 rings (SSSR count). The number of nitrogens with zero attached hydrogens (tertiary/aromatic N) is 3. The Kier molecular flexibility index (Phi) is 6.42. The summed E-state index contributed by atoms with van der Waals surface area (Å²) in [6, 6.07) is 20.1. The molecule has 41 heavy (non-hydrogen) atoms. The summed E-state index contributed by atoms with van der Waals surface area (Å²) >= 11 is 0. The van der Waals surface area contributed by atoms with Crippen LogP contribution in [0.4, 0.5) is 4.79 Å². The summed E-state index contributed by atoms with van der Waals surface area (Å²) < 4.78 is 5.66. The summed E-state index contributed by atoms with van der Waals surface area (Å²) in [5.41, 5.74) is 7.48. The Morgan fingerprint density at radius 1 is 0.951 bits per heavy atom. The Morgan fingerprint density at radius 2 is 1.71 bits per heavy atom. The van der Waals surface area contributed by atoms with Gasteiger partial charge in [0.2, 0.25) is 0 Å². The molecule has 4 aromatic rings. The Balaban J connectivity index is 1.10. The lowest BCUT2D eigenvalue weighted by atomic mass is 9.95. The second-order valence-corrected chi connectivity index (χ2v) is 12.6. The summed E-state index contributed by atoms with van der Waals surface area (Å²) in [6.07, 6.45) is 6.95. The molecule has 2 saturated heterocycles. The monoisotopic (exact) mass is 547 g/mol. The van der Waals surface area contributed by atoms with Crippen LogP contribution in [0.2, 0.25) is 0 Å². The fraction of sp³-hybridized carbons (Fsp3) is 0.382. The molecule has 0 saturated carbocycles. The van der Waals surface area contributed by atoms with Gasteiger partial charge in [0.15, 0.2) is 0 Å². The normalized spacial score (nSPS) is 21.1. The topological polar surface area (TPSA) is 82.6 Å². The van der Waals surface area contributed by atoms with Crippen LogP contribution in [-0.4, -0.2) is 51.4 Å². The number of fused-ring (bicyclic) bond motifs is 2. The highest BCUT2D eigenvalue weighted by atomic mass is 16.6. The average molecular weight is 548 g/mol. The fourth-order valence-corrected chi connectivity index (χ4v) is 6.39. The lowest BCUT2D eigenvalue weighted by Gasteiger charge is -2.27. The van der Waals surface area contributed by atoms with Crippen molar-refractivity contribution in [3.05, 3.63) is 72.2 Å². The van der Waals surface area contributed by atoms with Gasteiger partial charge in [0.25, 0.3) is 0 Å². The van der Waals surface area contributed by atoms with Gasteiger partial charge in [-0.2, -0.15) is 0 Å². The van der Waals surface area contributed by atoms with Gasteiger partial charge < -0.3 is 15.0 Å². The molecule has 0 spiro atoms. The Labute approximate surface area is 240 Å². The van der Waals surface area contributed by atoms with Gasteiger partial charge in [0.05, 0.1) is 17.1 Å². The predicted molar refractivity (Wildman–Crippen MR) is 165 cm³/mol. The van der Waals surface area contributed by atoms with Crippen LogP contribution >= 0.6 is 0 Å². The van der Waals surface area contributed by atoms with Crippen LogP contribution in [0.3, 0.4) is 0 Å². The number of aliphatic imine (C=N–C) groups is 1. The van der Waals surface area contributed by atoms with Crippen LogP contribution in [0.15, 0.2) is 65.8 Å². The molecular weight excluding hydrogens is 510 g/mol. The molecular formula is C34H37N5O2. The van der Waals surface area contributed by atoms with E-state index in [1.165, 1.54) is 40.5 Å². The van der Waals surface area contributed by atoms with Gasteiger partial charge in [-0.15, -0.1) is 0 Å². The summed E-state index contributed by atoms with van der Waals surface area (Å²) in [6.45, 7) is 7.48. The van der Waals surface area contributed by atoms with E-state index >= 15 is 0 Å². The minimum absolute atomic E-state index is 0.0959. The first kappa shape index (κ1) is 26.0. The number of likely N-dealkylation sites (tertiary alicyclic amines) is 1. The number of rotatable bonds is 4. The smallest absolute Gasteiger partial charge is 0.410 e. The van der Waals surface area contributed by atoms with E-state index in [2.05, 4.69) is 71.1 Å². The highest BCUT2D eigenvalue weighted by Gasteiger charge is 2.35. The SMILES string of the molecule is CC(C)(C)OC(=O)N1CCC[C@H]1c1nc2ccc(-c3ccc4cc(C5=CN=C([C@@H]6CCCN6)C5)ccc4c3)cc2[nH]1. The van der Waals surface area contributed by atoms with E-state index in [4.69, 9.17) is 14.7 Å². The number of allylic oxidation sites excluding steroid dienone is 1. The molecule has 0 unspecified atom stereocenters. The number of benzene rings is 3. The van der Waals surface area contributed by atoms with Gasteiger partial charge in [0, 0.05) is 30.9 Å². The first-order valence-electron chi connectivity index (χ1n) is 14.8. The van der Waals surface area contributed by atoms with Gasteiger partial charge >= 0.3 is 6.09 Å². The first-order chi connectivity index (χ1) is 19.8. The van der Waals surface area contributed by atoms with Crippen molar-refractivity contribution in [3.8, 4) is 11.1 Å². The van der Waals surface area contributed by atoms with Gasteiger partial charge in [-0.25, -0.2) is 9.78 Å². The third-order valence-corrected chi connectivity index (χ3v) is 8.46. The Morgan fingerprint density at radius 3 is 2.49 bits per heavy atom. The molecule has 1 amide bonds. The van der Waals surface area contributed by atoms with Crippen LogP contribution in [0.1, 0.15) is 70.3 Å². The maximum absolute atomic E-state index is 12.8. The van der Waals surface area contributed by atoms with E-state index in [0.29, 0.717) is 12.6 Å². The molecule has 2 fully saturated rings. The van der Waals surface area contributed by atoms with Crippen molar-refractivity contribution in [3.63, 3.8) is 0 Å². The molecule has 0 bridgehead atoms. The number of nitrogens with one attached hydrogen (secondary N) is 2. The number of ether oxygens (including phenoxy) is 1. The van der Waals surface area contributed by atoms with Crippen LogP contribution in [0.25, 0.3) is 38.5 Å². The minimum Gasteiger partial charge on any atom is -0.444 e. The van der Waals surface area contributed by atoms with Crippen LogP contribution in [0, 0.1) is 0 Å². The number of hydrogen-bond donors (Lipinski definition) is 2. The molecule has 2 N–H and O–H groups in total. The summed E-state index contributed by atoms with van der Waals surface area (Å²) in [5, 5.41) is 6.02. The molecule has 3 aliphatic heterocycles. The third-order valence-electron chi connectivity index (χ3n) is 8.46. The second kappa shape index (κ2) is 10.1. The number of aromatic nitrogens is 2. The fourth-order valence-electron chi connectivity index (χ4n) is 6.39. The van der Waals surface area contributed by atoms with Crippen molar-refractivity contribution in [2.24, 2.45) is 4.99 Å². The molecule has 210 valence electrons. The van der Waals surface area contributed by atoms with Crippen LogP contribution in [-0.2, 0) is 4.74 Å². The Hall–Kier alpha value is -3.97. The summed E-state index contributed by atoms with van der Waals surface area (Å²) in [5.74, 6) is 0.823. The van der Waals surface area contributed by atoms with E-state index in [1.54, 1.807) is 0 Å². The Bertz CT molecular complexity index is 1700. The molecule has 7 heteroatoms. The number of aromatic amines is 1. The van der Waals surface area contributed by atoms with Crippen molar-refractivity contribution in [2.45, 2.75) is 70.6 Å². The number of amides is 1. The van der Waals surface area contributed by atoms with Gasteiger partial charge in [-0.05, 0) is 110 Å². The number of imidazole rings is 1. The molecule has 0 aliphatic carbocycles. The number of hydrogen-bond acceptors (Lipinski definition) is 5. The number of carbonyl (C=O) groups excluding carboxylic acids is 1. The maximum atomic E-state index is 12.8. The molecule has 3 aromatic carbocycles. The van der Waals surface area contributed by atoms with E-state index in [9.17, 15) is 4.79 Å². The zero-order valence-electron chi connectivity index (χ0n) is 24.0. The highest BCUT2D eigenvalue weighted by Crippen LogP contribution is 2.35. The summed E-state index contributed by atoms with van der Waals surface area (Å²) in [7, 11) is 0. The second-order valence-electron chi connectivity index (χ2n) is 12.6. The zero-order chi connectivity index (χ0) is 28.1. The predicted octanol–water partition coefficient (Wildman–Crippen LogP) is 7.39. The average Bonchev–Trinajstić information content (AvgIpc) is 3.77.